The lowest BCUT2D eigenvalue weighted by molar-refractivity contribution is 1.18. The Kier molecular flexibility index (Phi) is 11.1. The van der Waals surface area contributed by atoms with E-state index >= 15 is 0 Å². The van der Waals surface area contributed by atoms with Gasteiger partial charge in [-0.05, 0) is 123 Å². The summed E-state index contributed by atoms with van der Waals surface area (Å²) in [6, 6.07) is 87.7. The van der Waals surface area contributed by atoms with Crippen LogP contribution in [0.4, 0.5) is 17.1 Å². The number of fused-ring (bicyclic) bond motifs is 3. The average molecular weight is 827 g/mol. The maximum atomic E-state index is 2.40. The molecular formula is C60H46N2S. The van der Waals surface area contributed by atoms with Crippen LogP contribution in [0.15, 0.2) is 243 Å². The van der Waals surface area contributed by atoms with Crippen LogP contribution in [0, 0.1) is 0 Å². The number of thiophene rings is 1. The fourth-order valence-corrected chi connectivity index (χ4v) is 9.59. The van der Waals surface area contributed by atoms with Gasteiger partial charge >= 0.3 is 0 Å². The van der Waals surface area contributed by atoms with E-state index in [0.29, 0.717) is 0 Å². The van der Waals surface area contributed by atoms with Crippen LogP contribution in [0.5, 0.6) is 0 Å². The molecule has 0 unspecified atom stereocenters. The standard InChI is InChI=1S/C58H40N2S.C2H6/c1-4-12-41(13-5-1)43-20-29-49(30-21-43)59(50-31-22-44(23-32-50)42-14-6-2-7-15-42)51-33-24-45(25-34-51)48-28-37-56-54(40-48)53-18-10-11-19-55(53)60(56)52-35-26-47(27-36-52)58-39-38-57(61-58)46-16-8-3-9-17-46;1-2/h1-40H;1-2H3. The van der Waals surface area contributed by atoms with Gasteiger partial charge in [0.05, 0.1) is 11.0 Å². The maximum Gasteiger partial charge on any atom is 0.0541 e. The minimum Gasteiger partial charge on any atom is -0.311 e. The van der Waals surface area contributed by atoms with Crippen molar-refractivity contribution < 1.29 is 0 Å². The highest BCUT2D eigenvalue weighted by molar-refractivity contribution is 7.18. The fourth-order valence-electron chi connectivity index (χ4n) is 8.57. The molecule has 0 aliphatic rings. The van der Waals surface area contributed by atoms with Crippen molar-refractivity contribution in [1.29, 1.82) is 0 Å². The van der Waals surface area contributed by atoms with Gasteiger partial charge in [0.1, 0.15) is 0 Å². The van der Waals surface area contributed by atoms with E-state index in [0.717, 1.165) is 22.7 Å². The normalized spacial score (nSPS) is 11.0. The second kappa shape index (κ2) is 17.7. The fraction of sp³-hybridized carbons (Fsp3) is 0.0333. The Bertz CT molecular complexity index is 3160. The first-order valence-electron chi connectivity index (χ1n) is 21.7. The molecule has 9 aromatic carbocycles. The van der Waals surface area contributed by atoms with Gasteiger partial charge in [0, 0.05) is 43.3 Å². The lowest BCUT2D eigenvalue weighted by Gasteiger charge is -2.26. The Morgan fingerprint density at radius 2 is 0.667 bits per heavy atom. The molecule has 0 saturated carbocycles. The van der Waals surface area contributed by atoms with Gasteiger partial charge in [0.2, 0.25) is 0 Å². The van der Waals surface area contributed by atoms with Gasteiger partial charge < -0.3 is 9.47 Å². The predicted molar refractivity (Wildman–Crippen MR) is 272 cm³/mol. The van der Waals surface area contributed by atoms with E-state index in [1.165, 1.54) is 76.1 Å². The van der Waals surface area contributed by atoms with Gasteiger partial charge in [-0.1, -0.05) is 178 Å². The summed E-state index contributed by atoms with van der Waals surface area (Å²) in [4.78, 5) is 4.90. The van der Waals surface area contributed by atoms with Crippen LogP contribution in [0.2, 0.25) is 0 Å². The minimum absolute atomic E-state index is 1.10. The molecule has 0 aliphatic heterocycles. The third-order valence-electron chi connectivity index (χ3n) is 11.7. The molecule has 0 spiro atoms. The molecule has 0 bridgehead atoms. The SMILES string of the molecule is CC.c1ccc(-c2ccc(N(c3ccc(-c4ccccc4)cc3)c3ccc(-c4ccc5c(c4)c4ccccc4n5-c4ccc(-c5ccc(-c6ccccc6)s5)cc4)cc3)cc2)cc1. The van der Waals surface area contributed by atoms with E-state index in [-0.39, 0.29) is 0 Å². The Labute approximate surface area is 374 Å². The smallest absolute Gasteiger partial charge is 0.0541 e. The van der Waals surface area contributed by atoms with Crippen molar-refractivity contribution in [2.75, 3.05) is 4.90 Å². The molecule has 3 heteroatoms. The van der Waals surface area contributed by atoms with E-state index in [2.05, 4.69) is 252 Å². The van der Waals surface area contributed by atoms with E-state index < -0.39 is 0 Å². The summed E-state index contributed by atoms with van der Waals surface area (Å²) in [6.07, 6.45) is 0. The van der Waals surface area contributed by atoms with Crippen molar-refractivity contribution in [1.82, 2.24) is 4.57 Å². The number of rotatable bonds is 9. The van der Waals surface area contributed by atoms with E-state index in [9.17, 15) is 0 Å². The number of benzene rings is 9. The zero-order chi connectivity index (χ0) is 42.5. The summed E-state index contributed by atoms with van der Waals surface area (Å²) in [6.45, 7) is 4.00. The maximum absolute atomic E-state index is 2.40. The zero-order valence-corrected chi connectivity index (χ0v) is 36.2. The van der Waals surface area contributed by atoms with Gasteiger partial charge in [-0.2, -0.15) is 0 Å². The monoisotopic (exact) mass is 826 g/mol. The lowest BCUT2D eigenvalue weighted by atomic mass is 10.0. The number of nitrogens with zero attached hydrogens (tertiary/aromatic N) is 2. The molecular weight excluding hydrogens is 781 g/mol. The van der Waals surface area contributed by atoms with Crippen LogP contribution in [0.3, 0.4) is 0 Å². The minimum atomic E-state index is 1.10. The molecule has 0 amide bonds. The van der Waals surface area contributed by atoms with Crippen LogP contribution >= 0.6 is 11.3 Å². The van der Waals surface area contributed by atoms with Crippen LogP contribution in [-0.4, -0.2) is 4.57 Å². The molecule has 302 valence electrons. The van der Waals surface area contributed by atoms with Crippen molar-refractivity contribution in [3.05, 3.63) is 243 Å². The van der Waals surface area contributed by atoms with E-state index in [1.807, 2.05) is 25.2 Å². The molecule has 0 fully saturated rings. The van der Waals surface area contributed by atoms with Gasteiger partial charge in [-0.15, -0.1) is 11.3 Å². The summed E-state index contributed by atoms with van der Waals surface area (Å²) in [5.41, 5.74) is 16.5. The van der Waals surface area contributed by atoms with Crippen molar-refractivity contribution in [2.24, 2.45) is 0 Å². The number of hydrogen-bond donors (Lipinski definition) is 0. The van der Waals surface area contributed by atoms with Crippen LogP contribution in [0.25, 0.3) is 81.8 Å². The molecule has 11 rings (SSSR count). The summed E-state index contributed by atoms with van der Waals surface area (Å²) in [5, 5.41) is 2.49. The van der Waals surface area contributed by atoms with Crippen LogP contribution < -0.4 is 4.90 Å². The van der Waals surface area contributed by atoms with Crippen molar-refractivity contribution >= 4 is 50.2 Å². The molecule has 0 N–H and O–H groups in total. The summed E-state index contributed by atoms with van der Waals surface area (Å²) >= 11 is 1.84. The predicted octanol–water partition coefficient (Wildman–Crippen LogP) is 17.7. The molecule has 0 atom stereocenters. The Hall–Kier alpha value is -7.72. The molecule has 11 aromatic rings. The first kappa shape index (κ1) is 39.4. The molecule has 2 nitrogen and oxygen atoms in total. The summed E-state index contributed by atoms with van der Waals surface area (Å²) < 4.78 is 2.40. The Morgan fingerprint density at radius 3 is 1.17 bits per heavy atom. The second-order valence-electron chi connectivity index (χ2n) is 15.4. The molecule has 0 aliphatic carbocycles. The molecule has 63 heavy (non-hydrogen) atoms. The highest BCUT2D eigenvalue weighted by atomic mass is 32.1. The Balaban J connectivity index is 0.00000232. The van der Waals surface area contributed by atoms with Crippen molar-refractivity contribution in [3.8, 4) is 59.9 Å². The van der Waals surface area contributed by atoms with E-state index in [1.54, 1.807) is 0 Å². The summed E-state index contributed by atoms with van der Waals surface area (Å²) in [5.74, 6) is 0. The zero-order valence-electron chi connectivity index (χ0n) is 35.4. The number of hydrogen-bond acceptors (Lipinski definition) is 2. The quantitative estimate of drug-likeness (QED) is 0.141. The topological polar surface area (TPSA) is 8.17 Å². The van der Waals surface area contributed by atoms with Gasteiger partial charge in [0.15, 0.2) is 0 Å². The van der Waals surface area contributed by atoms with Gasteiger partial charge in [-0.3, -0.25) is 0 Å². The number of anilines is 3. The average Bonchev–Trinajstić information content (AvgIpc) is 4.00. The second-order valence-corrected chi connectivity index (χ2v) is 16.5. The third-order valence-corrected chi connectivity index (χ3v) is 12.9. The van der Waals surface area contributed by atoms with Crippen LogP contribution in [-0.2, 0) is 0 Å². The molecule has 2 heterocycles. The first-order valence-corrected chi connectivity index (χ1v) is 22.6. The molecule has 2 aromatic heterocycles. The van der Waals surface area contributed by atoms with Gasteiger partial charge in [-0.25, -0.2) is 0 Å². The summed E-state index contributed by atoms with van der Waals surface area (Å²) in [7, 11) is 0. The number of para-hydroxylation sites is 1. The van der Waals surface area contributed by atoms with Crippen molar-refractivity contribution in [3.63, 3.8) is 0 Å². The van der Waals surface area contributed by atoms with Crippen LogP contribution in [0.1, 0.15) is 13.8 Å². The van der Waals surface area contributed by atoms with Crippen molar-refractivity contribution in [2.45, 2.75) is 13.8 Å². The Morgan fingerprint density at radius 1 is 0.302 bits per heavy atom. The highest BCUT2D eigenvalue weighted by Crippen LogP contribution is 2.40. The molecule has 0 radical (unpaired) electrons. The number of aromatic nitrogens is 1. The third kappa shape index (κ3) is 7.87. The largest absolute Gasteiger partial charge is 0.311 e. The lowest BCUT2D eigenvalue weighted by Crippen LogP contribution is -2.09. The molecule has 0 saturated heterocycles. The highest BCUT2D eigenvalue weighted by Gasteiger charge is 2.16. The van der Waals surface area contributed by atoms with E-state index in [4.69, 9.17) is 0 Å². The van der Waals surface area contributed by atoms with Gasteiger partial charge in [0.25, 0.3) is 0 Å². The first-order chi connectivity index (χ1) is 31.2.